The molecule has 0 aliphatic rings. The van der Waals surface area contributed by atoms with E-state index in [1.54, 1.807) is 0 Å². The molecule has 0 saturated heterocycles. The predicted molar refractivity (Wildman–Crippen MR) is 38.6 cm³/mol. The number of hydrogen-bond acceptors (Lipinski definition) is 4. The second kappa shape index (κ2) is 2.93. The number of terminal acetylenes is 2. The normalized spacial score (nSPS) is 11.5. The van der Waals surface area contributed by atoms with Gasteiger partial charge >= 0.3 is 0 Å². The number of rotatable bonds is 2. The summed E-state index contributed by atoms with van der Waals surface area (Å²) >= 11 is 0. The summed E-state index contributed by atoms with van der Waals surface area (Å²) in [7, 11) is -8.48. The number of nitrogens with one attached hydrogen (secondary N) is 1. The molecule has 0 rings (SSSR count). The lowest BCUT2D eigenvalue weighted by Gasteiger charge is -1.93. The zero-order valence-corrected chi connectivity index (χ0v) is 6.74. The zero-order chi connectivity index (χ0) is 9.12. The second-order valence-electron chi connectivity index (χ2n) is 1.33. The summed E-state index contributed by atoms with van der Waals surface area (Å²) in [6.07, 6.45) is 8.87. The minimum atomic E-state index is -4.24. The minimum absolute atomic E-state index is 1.10. The highest BCUT2D eigenvalue weighted by Crippen LogP contribution is 1.85. The summed E-state index contributed by atoms with van der Waals surface area (Å²) in [5, 5.41) is 2.44. The van der Waals surface area contributed by atoms with E-state index in [4.69, 9.17) is 0 Å². The second-order valence-corrected chi connectivity index (χ2v) is 4.48. The molecule has 0 unspecified atom stereocenters. The molecule has 1 N–H and O–H groups in total. The largest absolute Gasteiger partial charge is 0.293 e. The third-order valence-corrected chi connectivity index (χ3v) is 2.91. The first-order valence-corrected chi connectivity index (χ1v) is 5.03. The molecule has 0 spiro atoms. The van der Waals surface area contributed by atoms with E-state index >= 15 is 0 Å². The van der Waals surface area contributed by atoms with E-state index in [2.05, 4.69) is 12.8 Å². The Morgan fingerprint density at radius 1 is 0.909 bits per heavy atom. The van der Waals surface area contributed by atoms with Crippen LogP contribution in [0.5, 0.6) is 0 Å². The summed E-state index contributed by atoms with van der Waals surface area (Å²) in [6.45, 7) is 0. The van der Waals surface area contributed by atoms with Gasteiger partial charge in [-0.2, -0.15) is 16.8 Å². The fourth-order valence-corrected chi connectivity index (χ4v) is 1.73. The monoisotopic (exact) mass is 193 g/mol. The van der Waals surface area contributed by atoms with Gasteiger partial charge < -0.3 is 0 Å². The maximum atomic E-state index is 10.4. The topological polar surface area (TPSA) is 80.3 Å². The van der Waals surface area contributed by atoms with Crippen molar-refractivity contribution in [3.8, 4) is 23.4 Å². The molecule has 0 aliphatic heterocycles. The van der Waals surface area contributed by atoms with E-state index in [0.717, 1.165) is 4.13 Å². The quantitative estimate of drug-likeness (QED) is 0.536. The van der Waals surface area contributed by atoms with Crippen molar-refractivity contribution in [1.29, 1.82) is 0 Å². The fraction of sp³-hybridized carbons (Fsp3) is 0. The predicted octanol–water partition coefficient (Wildman–Crippen LogP) is -1.58. The average Bonchev–Trinajstić information content (AvgIpc) is 1.86. The third-order valence-electron chi connectivity index (χ3n) is 0.530. The molecular formula is C4H3NO4S2. The fourth-order valence-electron chi connectivity index (χ4n) is 0.193. The zero-order valence-electron chi connectivity index (χ0n) is 5.10. The van der Waals surface area contributed by atoms with Crippen molar-refractivity contribution in [2.24, 2.45) is 0 Å². The molecular weight excluding hydrogens is 190 g/mol. The first-order chi connectivity index (χ1) is 4.83. The molecule has 0 saturated carbocycles. The molecule has 0 fully saturated rings. The van der Waals surface area contributed by atoms with E-state index in [-0.39, 0.29) is 0 Å². The van der Waals surface area contributed by atoms with Crippen molar-refractivity contribution in [3.05, 3.63) is 0 Å². The number of hydrogen-bond donors (Lipinski definition) is 1. The summed E-state index contributed by atoms with van der Waals surface area (Å²) < 4.78 is 42.5. The third kappa shape index (κ3) is 3.63. The van der Waals surface area contributed by atoms with E-state index in [9.17, 15) is 16.8 Å². The van der Waals surface area contributed by atoms with Crippen LogP contribution in [0.15, 0.2) is 0 Å². The van der Waals surface area contributed by atoms with Crippen LogP contribution in [0.25, 0.3) is 0 Å². The molecule has 0 heterocycles. The van der Waals surface area contributed by atoms with Gasteiger partial charge in [0.25, 0.3) is 20.0 Å². The van der Waals surface area contributed by atoms with Crippen LogP contribution in [0.3, 0.4) is 0 Å². The first kappa shape index (κ1) is 9.98. The Balaban J connectivity index is 4.91. The molecule has 0 bridgehead atoms. The highest BCUT2D eigenvalue weighted by atomic mass is 32.3. The lowest BCUT2D eigenvalue weighted by molar-refractivity contribution is 0.589. The van der Waals surface area contributed by atoms with Crippen LogP contribution in [0.4, 0.5) is 0 Å². The summed E-state index contributed by atoms with van der Waals surface area (Å²) in [4.78, 5) is 0. The average molecular weight is 193 g/mol. The molecule has 0 atom stereocenters. The summed E-state index contributed by atoms with van der Waals surface area (Å²) in [5.41, 5.74) is 0. The van der Waals surface area contributed by atoms with Crippen LogP contribution in [0.2, 0.25) is 0 Å². The maximum absolute atomic E-state index is 10.4. The standard InChI is InChI=1S/C4H3NO4S2/c1-3-10(6,7)5-11(8,9)4-2/h1-2,5H. The van der Waals surface area contributed by atoms with Gasteiger partial charge in [0.1, 0.15) is 0 Å². The van der Waals surface area contributed by atoms with Gasteiger partial charge in [0.15, 0.2) is 0 Å². The van der Waals surface area contributed by atoms with Crippen LogP contribution in [-0.4, -0.2) is 16.8 Å². The van der Waals surface area contributed by atoms with Gasteiger partial charge in [-0.1, -0.05) is 4.13 Å². The minimum Gasteiger partial charge on any atom is -0.197 e. The first-order valence-electron chi connectivity index (χ1n) is 2.06. The molecule has 0 aromatic rings. The summed E-state index contributed by atoms with van der Waals surface area (Å²) in [5.74, 6) is 0. The Morgan fingerprint density at radius 2 is 1.18 bits per heavy atom. The van der Waals surface area contributed by atoms with Crippen molar-refractivity contribution in [2.45, 2.75) is 0 Å². The van der Waals surface area contributed by atoms with Crippen molar-refractivity contribution in [3.63, 3.8) is 0 Å². The van der Waals surface area contributed by atoms with E-state index in [0.29, 0.717) is 0 Å². The van der Waals surface area contributed by atoms with Crippen LogP contribution >= 0.6 is 0 Å². The van der Waals surface area contributed by atoms with Crippen LogP contribution in [0, 0.1) is 23.4 Å². The summed E-state index contributed by atoms with van der Waals surface area (Å²) in [6, 6.07) is 0. The number of sulfonamides is 2. The molecule has 7 heteroatoms. The molecule has 0 radical (unpaired) electrons. The van der Waals surface area contributed by atoms with Crippen molar-refractivity contribution in [2.75, 3.05) is 0 Å². The maximum Gasteiger partial charge on any atom is 0.293 e. The van der Waals surface area contributed by atoms with Gasteiger partial charge in [0, 0.05) is 10.5 Å². The van der Waals surface area contributed by atoms with Crippen LogP contribution in [0.1, 0.15) is 0 Å². The van der Waals surface area contributed by atoms with Gasteiger partial charge in [-0.25, -0.2) is 0 Å². The van der Waals surface area contributed by atoms with Gasteiger partial charge in [-0.05, 0) is 0 Å². The molecule has 11 heavy (non-hydrogen) atoms. The van der Waals surface area contributed by atoms with Crippen LogP contribution in [-0.2, 0) is 20.0 Å². The Labute approximate surface area is 64.9 Å². The highest BCUT2D eigenvalue weighted by Gasteiger charge is 2.14. The molecule has 0 amide bonds. The Kier molecular flexibility index (Phi) is 2.65. The van der Waals surface area contributed by atoms with Crippen molar-refractivity contribution in [1.82, 2.24) is 4.13 Å². The SMILES string of the molecule is C#CS(=O)(=O)NS(=O)(=O)C#C. The molecule has 0 aromatic heterocycles. The van der Waals surface area contributed by atoms with Crippen molar-refractivity contribution >= 4 is 20.0 Å². The van der Waals surface area contributed by atoms with Crippen molar-refractivity contribution < 1.29 is 16.8 Å². The van der Waals surface area contributed by atoms with E-state index < -0.39 is 20.0 Å². The molecule has 0 aromatic carbocycles. The van der Waals surface area contributed by atoms with Gasteiger partial charge in [0.2, 0.25) is 0 Å². The Hall–Kier alpha value is -1.02. The lowest BCUT2D eigenvalue weighted by atomic mass is 11.4. The highest BCUT2D eigenvalue weighted by molar-refractivity contribution is 8.09. The lowest BCUT2D eigenvalue weighted by Crippen LogP contribution is -2.27. The van der Waals surface area contributed by atoms with Gasteiger partial charge in [-0.15, -0.1) is 12.8 Å². The van der Waals surface area contributed by atoms with E-state index in [1.807, 2.05) is 0 Å². The molecule has 0 aliphatic carbocycles. The molecule has 5 nitrogen and oxygen atoms in total. The Bertz CT molecular complexity index is 374. The van der Waals surface area contributed by atoms with Crippen LogP contribution < -0.4 is 4.13 Å². The Morgan fingerprint density at radius 3 is 1.36 bits per heavy atom. The van der Waals surface area contributed by atoms with E-state index in [1.165, 1.54) is 10.5 Å². The van der Waals surface area contributed by atoms with Gasteiger partial charge in [0.05, 0.1) is 0 Å². The smallest absolute Gasteiger partial charge is 0.197 e. The molecule has 60 valence electrons. The van der Waals surface area contributed by atoms with Gasteiger partial charge in [-0.3, -0.25) is 0 Å².